The van der Waals surface area contributed by atoms with E-state index >= 15 is 0 Å². The Morgan fingerprint density at radius 1 is 0.577 bits per heavy atom. The molecule has 0 amide bonds. The van der Waals surface area contributed by atoms with Gasteiger partial charge in [-0.2, -0.15) is 0 Å². The molecule has 0 rings (SSSR count). The van der Waals surface area contributed by atoms with Crippen LogP contribution in [0.1, 0.15) is 114 Å². The van der Waals surface area contributed by atoms with Gasteiger partial charge in [0.15, 0.2) is 0 Å². The fourth-order valence-corrected chi connectivity index (χ4v) is 3.44. The van der Waals surface area contributed by atoms with Crippen LogP contribution in [0, 0.1) is 29.6 Å². The molecule has 0 aromatic carbocycles. The highest BCUT2D eigenvalue weighted by Gasteiger charge is 2.17. The molecule has 2 nitrogen and oxygen atoms in total. The van der Waals surface area contributed by atoms with Gasteiger partial charge in [-0.1, -0.05) is 67.7 Å². The fraction of sp³-hybridized carbons (Fsp3) is 0.917. The van der Waals surface area contributed by atoms with Crippen LogP contribution >= 0.6 is 0 Å². The Balaban J connectivity index is 0. The zero-order valence-electron chi connectivity index (χ0n) is 19.4. The number of Topliss-reactive ketones (excluding diaryl/α,β-unsaturated/α-hetero) is 2. The van der Waals surface area contributed by atoms with Crippen LogP contribution in [0.4, 0.5) is 0 Å². The van der Waals surface area contributed by atoms with Gasteiger partial charge in [-0.15, -0.1) is 0 Å². The standard InChI is InChI=1S/C13H26O.C11H22O/c1-6-10(3)8-11(4)9-13(7-2)12(5)14;1-5-9(3)7-8-11(6-2)10(4)12/h10-11,13H,6-9H2,1-5H3;9,11H,5-8H2,1-4H3. The average Bonchev–Trinajstić information content (AvgIpc) is 2.59. The third kappa shape index (κ3) is 14.5. The highest BCUT2D eigenvalue weighted by molar-refractivity contribution is 5.78. The van der Waals surface area contributed by atoms with Crippen molar-refractivity contribution >= 4 is 11.6 Å². The zero-order chi connectivity index (χ0) is 20.7. The quantitative estimate of drug-likeness (QED) is 0.337. The second-order valence-electron chi connectivity index (χ2n) is 8.61. The minimum absolute atomic E-state index is 0.300. The summed E-state index contributed by atoms with van der Waals surface area (Å²) in [5.74, 6) is 3.61. The normalized spacial score (nSPS) is 16.7. The molecule has 5 atom stereocenters. The van der Waals surface area contributed by atoms with Crippen molar-refractivity contribution in [1.29, 1.82) is 0 Å². The molecule has 0 radical (unpaired) electrons. The van der Waals surface area contributed by atoms with E-state index in [1.807, 2.05) is 0 Å². The second kappa shape index (κ2) is 16.5. The Morgan fingerprint density at radius 3 is 1.38 bits per heavy atom. The van der Waals surface area contributed by atoms with Crippen LogP contribution in [0.2, 0.25) is 0 Å². The Morgan fingerprint density at radius 2 is 1.04 bits per heavy atom. The van der Waals surface area contributed by atoms with Gasteiger partial charge in [-0.3, -0.25) is 9.59 Å². The van der Waals surface area contributed by atoms with Gasteiger partial charge in [0.05, 0.1) is 0 Å². The van der Waals surface area contributed by atoms with Gasteiger partial charge in [0.2, 0.25) is 0 Å². The highest BCUT2D eigenvalue weighted by atomic mass is 16.1. The van der Waals surface area contributed by atoms with E-state index in [2.05, 4.69) is 48.5 Å². The van der Waals surface area contributed by atoms with Crippen LogP contribution in [-0.2, 0) is 9.59 Å². The molecule has 0 N–H and O–H groups in total. The second-order valence-corrected chi connectivity index (χ2v) is 8.61. The first-order valence-electron chi connectivity index (χ1n) is 11.1. The van der Waals surface area contributed by atoms with Crippen molar-refractivity contribution in [3.63, 3.8) is 0 Å². The molecule has 0 bridgehead atoms. The Kier molecular flexibility index (Phi) is 17.5. The van der Waals surface area contributed by atoms with Crippen molar-refractivity contribution < 1.29 is 9.59 Å². The number of hydrogen-bond acceptors (Lipinski definition) is 2. The molecule has 0 saturated heterocycles. The summed E-state index contributed by atoms with van der Waals surface area (Å²) in [6.45, 7) is 18.9. The van der Waals surface area contributed by atoms with E-state index in [9.17, 15) is 9.59 Å². The molecule has 26 heavy (non-hydrogen) atoms. The van der Waals surface area contributed by atoms with Gasteiger partial charge >= 0.3 is 0 Å². The maximum absolute atomic E-state index is 11.3. The maximum atomic E-state index is 11.3. The third-order valence-corrected chi connectivity index (χ3v) is 6.03. The van der Waals surface area contributed by atoms with Crippen LogP contribution in [-0.4, -0.2) is 11.6 Å². The summed E-state index contributed by atoms with van der Waals surface area (Å²) >= 11 is 0. The summed E-state index contributed by atoms with van der Waals surface area (Å²) in [5, 5.41) is 0. The van der Waals surface area contributed by atoms with E-state index < -0.39 is 0 Å². The van der Waals surface area contributed by atoms with E-state index in [1.54, 1.807) is 13.8 Å². The lowest BCUT2D eigenvalue weighted by Crippen LogP contribution is -2.15. The lowest BCUT2D eigenvalue weighted by molar-refractivity contribution is -0.122. The third-order valence-electron chi connectivity index (χ3n) is 6.03. The summed E-state index contributed by atoms with van der Waals surface area (Å²) in [4.78, 5) is 22.3. The Hall–Kier alpha value is -0.660. The van der Waals surface area contributed by atoms with Crippen LogP contribution in [0.25, 0.3) is 0 Å². The molecule has 0 aliphatic carbocycles. The predicted molar refractivity (Wildman–Crippen MR) is 115 cm³/mol. The van der Waals surface area contributed by atoms with Gasteiger partial charge in [-0.25, -0.2) is 0 Å². The van der Waals surface area contributed by atoms with E-state index in [0.29, 0.717) is 29.3 Å². The smallest absolute Gasteiger partial charge is 0.132 e. The molecule has 0 fully saturated rings. The van der Waals surface area contributed by atoms with Crippen molar-refractivity contribution in [2.24, 2.45) is 29.6 Å². The largest absolute Gasteiger partial charge is 0.300 e. The molecule has 0 heterocycles. The number of ketones is 2. The lowest BCUT2D eigenvalue weighted by atomic mass is 9.85. The molecule has 0 aliphatic heterocycles. The molecule has 5 unspecified atom stereocenters. The molecule has 2 heteroatoms. The molecule has 0 aromatic heterocycles. The number of rotatable bonds is 13. The summed E-state index contributed by atoms with van der Waals surface area (Å²) in [6, 6.07) is 0. The molecule has 0 aromatic rings. The molecule has 156 valence electrons. The summed E-state index contributed by atoms with van der Waals surface area (Å²) < 4.78 is 0. The first-order chi connectivity index (χ1) is 12.1. The molecular weight excluding hydrogens is 320 g/mol. The van der Waals surface area contributed by atoms with Crippen LogP contribution in [0.5, 0.6) is 0 Å². The average molecular weight is 369 g/mol. The molecule has 0 spiro atoms. The summed E-state index contributed by atoms with van der Waals surface area (Å²) in [6.07, 6.45) is 9.12. The Bertz CT molecular complexity index is 361. The lowest BCUT2D eigenvalue weighted by Gasteiger charge is -2.19. The Labute approximate surface area is 164 Å². The van der Waals surface area contributed by atoms with E-state index in [4.69, 9.17) is 0 Å². The molecule has 0 aliphatic rings. The van der Waals surface area contributed by atoms with Crippen LogP contribution in [0.15, 0.2) is 0 Å². The molecule has 0 saturated carbocycles. The van der Waals surface area contributed by atoms with Gasteiger partial charge < -0.3 is 0 Å². The van der Waals surface area contributed by atoms with E-state index in [0.717, 1.165) is 37.5 Å². The number of carbonyl (C=O) groups is 2. The first kappa shape index (κ1) is 27.6. The topological polar surface area (TPSA) is 34.1 Å². The van der Waals surface area contributed by atoms with Crippen LogP contribution < -0.4 is 0 Å². The van der Waals surface area contributed by atoms with Gasteiger partial charge in [0.1, 0.15) is 11.6 Å². The van der Waals surface area contributed by atoms with Gasteiger partial charge in [0, 0.05) is 11.8 Å². The minimum Gasteiger partial charge on any atom is -0.300 e. The van der Waals surface area contributed by atoms with Crippen molar-refractivity contribution in [3.8, 4) is 0 Å². The molecular formula is C24H48O2. The van der Waals surface area contributed by atoms with Gasteiger partial charge in [-0.05, 0) is 63.7 Å². The maximum Gasteiger partial charge on any atom is 0.132 e. The predicted octanol–water partition coefficient (Wildman–Crippen LogP) is 7.49. The fourth-order valence-electron chi connectivity index (χ4n) is 3.44. The van der Waals surface area contributed by atoms with Crippen molar-refractivity contribution in [2.45, 2.75) is 114 Å². The number of carbonyl (C=O) groups excluding carboxylic acids is 2. The van der Waals surface area contributed by atoms with Crippen LogP contribution in [0.3, 0.4) is 0 Å². The zero-order valence-corrected chi connectivity index (χ0v) is 19.4. The van der Waals surface area contributed by atoms with E-state index in [1.165, 1.54) is 25.7 Å². The SMILES string of the molecule is CCC(C)CC(C)CC(CC)C(C)=O.CCC(C)CCC(CC)C(C)=O. The van der Waals surface area contributed by atoms with Crippen molar-refractivity contribution in [1.82, 2.24) is 0 Å². The van der Waals surface area contributed by atoms with Crippen molar-refractivity contribution in [3.05, 3.63) is 0 Å². The first-order valence-corrected chi connectivity index (χ1v) is 11.1. The minimum atomic E-state index is 0.300. The van der Waals surface area contributed by atoms with Crippen molar-refractivity contribution in [2.75, 3.05) is 0 Å². The van der Waals surface area contributed by atoms with E-state index in [-0.39, 0.29) is 0 Å². The number of hydrogen-bond donors (Lipinski definition) is 0. The van der Waals surface area contributed by atoms with Gasteiger partial charge in [0.25, 0.3) is 0 Å². The monoisotopic (exact) mass is 368 g/mol. The summed E-state index contributed by atoms with van der Waals surface area (Å²) in [7, 11) is 0. The highest BCUT2D eigenvalue weighted by Crippen LogP contribution is 2.23. The summed E-state index contributed by atoms with van der Waals surface area (Å²) in [5.41, 5.74) is 0.